The molecule has 2 heterocycles. The number of fused-ring (bicyclic) bond motifs is 8. The van der Waals surface area contributed by atoms with Crippen LogP contribution in [0.15, 0.2) is 200 Å². The van der Waals surface area contributed by atoms with E-state index in [0.29, 0.717) is 0 Å². The van der Waals surface area contributed by atoms with Gasteiger partial charge in [-0.2, -0.15) is 0 Å². The predicted molar refractivity (Wildman–Crippen MR) is 210 cm³/mol. The van der Waals surface area contributed by atoms with E-state index in [1.165, 1.54) is 0 Å². The maximum atomic E-state index is 6.96. The summed E-state index contributed by atoms with van der Waals surface area (Å²) in [4.78, 5) is 2.38. The first-order valence-electron chi connectivity index (χ1n) is 17.7. The molecule has 52 heavy (non-hydrogen) atoms. The van der Waals surface area contributed by atoms with Crippen molar-refractivity contribution in [3.8, 4) is 45.3 Å². The number of para-hydroxylation sites is 5. The van der Waals surface area contributed by atoms with Gasteiger partial charge in [-0.3, -0.25) is 0 Å². The zero-order chi connectivity index (χ0) is 34.5. The molecule has 0 amide bonds. The first-order valence-corrected chi connectivity index (χ1v) is 17.7. The van der Waals surface area contributed by atoms with Gasteiger partial charge in [0, 0.05) is 45.1 Å². The number of benzene rings is 8. The molecule has 0 saturated carbocycles. The van der Waals surface area contributed by atoms with Crippen molar-refractivity contribution in [2.75, 3.05) is 4.90 Å². The van der Waals surface area contributed by atoms with Crippen molar-refractivity contribution in [3.05, 3.63) is 222 Å². The maximum Gasteiger partial charge on any atom is 0.134 e. The summed E-state index contributed by atoms with van der Waals surface area (Å²) >= 11 is 0. The van der Waals surface area contributed by atoms with Crippen LogP contribution < -0.4 is 14.4 Å². The Morgan fingerprint density at radius 3 is 1.21 bits per heavy atom. The lowest BCUT2D eigenvalue weighted by atomic mass is 9.62. The van der Waals surface area contributed by atoms with Gasteiger partial charge in [0.05, 0.1) is 16.8 Å². The fraction of sp³-hybridized carbons (Fsp3) is 0.0204. The third-order valence-corrected chi connectivity index (χ3v) is 10.4. The summed E-state index contributed by atoms with van der Waals surface area (Å²) in [7, 11) is 0. The van der Waals surface area contributed by atoms with E-state index < -0.39 is 5.41 Å². The topological polar surface area (TPSA) is 21.7 Å². The highest BCUT2D eigenvalue weighted by Crippen LogP contribution is 2.62. The van der Waals surface area contributed by atoms with Gasteiger partial charge >= 0.3 is 0 Å². The molecule has 0 bridgehead atoms. The molecule has 10 rings (SSSR count). The van der Waals surface area contributed by atoms with Crippen LogP contribution in [0.3, 0.4) is 0 Å². The molecule has 2 aliphatic rings. The smallest absolute Gasteiger partial charge is 0.134 e. The third kappa shape index (κ3) is 4.60. The van der Waals surface area contributed by atoms with Crippen LogP contribution in [-0.2, 0) is 5.41 Å². The Morgan fingerprint density at radius 1 is 0.327 bits per heavy atom. The van der Waals surface area contributed by atoms with Crippen molar-refractivity contribution in [2.24, 2.45) is 0 Å². The minimum absolute atomic E-state index is 0.650. The van der Waals surface area contributed by atoms with E-state index in [-0.39, 0.29) is 0 Å². The van der Waals surface area contributed by atoms with Gasteiger partial charge in [0.2, 0.25) is 0 Å². The first-order chi connectivity index (χ1) is 25.8. The largest absolute Gasteiger partial charge is 0.457 e. The molecule has 2 aliphatic heterocycles. The monoisotopic (exact) mass is 667 g/mol. The van der Waals surface area contributed by atoms with Crippen molar-refractivity contribution < 1.29 is 9.47 Å². The van der Waals surface area contributed by atoms with Crippen molar-refractivity contribution in [2.45, 2.75) is 5.41 Å². The minimum Gasteiger partial charge on any atom is -0.457 e. The van der Waals surface area contributed by atoms with E-state index in [2.05, 4.69) is 193 Å². The quantitative estimate of drug-likeness (QED) is 0.182. The second-order valence-electron chi connectivity index (χ2n) is 13.2. The Labute approximate surface area is 303 Å². The number of hydrogen-bond acceptors (Lipinski definition) is 3. The average molecular weight is 668 g/mol. The van der Waals surface area contributed by atoms with Gasteiger partial charge in [0.15, 0.2) is 0 Å². The molecule has 0 saturated heterocycles. The molecule has 0 atom stereocenters. The molecule has 0 aliphatic carbocycles. The third-order valence-electron chi connectivity index (χ3n) is 10.4. The summed E-state index contributed by atoms with van der Waals surface area (Å²) in [6.07, 6.45) is 0. The molecule has 3 nitrogen and oxygen atoms in total. The van der Waals surface area contributed by atoms with Gasteiger partial charge < -0.3 is 14.4 Å². The normalized spacial score (nSPS) is 13.1. The lowest BCUT2D eigenvalue weighted by molar-refractivity contribution is 0.399. The summed E-state index contributed by atoms with van der Waals surface area (Å²) in [6, 6.07) is 70.6. The summed E-state index contributed by atoms with van der Waals surface area (Å²) in [6.45, 7) is 0. The lowest BCUT2D eigenvalue weighted by Gasteiger charge is -2.45. The Hall–Kier alpha value is -6.84. The summed E-state index contributed by atoms with van der Waals surface area (Å²) in [5, 5.41) is 0. The highest BCUT2D eigenvalue weighted by Gasteiger charge is 2.50. The zero-order valence-electron chi connectivity index (χ0n) is 28.3. The predicted octanol–water partition coefficient (Wildman–Crippen LogP) is 13.1. The second kappa shape index (κ2) is 12.2. The Bertz CT molecular complexity index is 2450. The van der Waals surface area contributed by atoms with Crippen molar-refractivity contribution in [3.63, 3.8) is 0 Å². The van der Waals surface area contributed by atoms with Crippen LogP contribution in [0.1, 0.15) is 22.3 Å². The second-order valence-corrected chi connectivity index (χ2v) is 13.2. The Kier molecular flexibility index (Phi) is 7.04. The molecule has 3 heteroatoms. The fourth-order valence-electron chi connectivity index (χ4n) is 8.22. The molecule has 0 N–H and O–H groups in total. The number of hydrogen-bond donors (Lipinski definition) is 0. The minimum atomic E-state index is -0.650. The molecular formula is C49H33NO2. The van der Waals surface area contributed by atoms with Crippen LogP contribution in [0.5, 0.6) is 23.0 Å². The van der Waals surface area contributed by atoms with Crippen molar-refractivity contribution in [1.82, 2.24) is 0 Å². The van der Waals surface area contributed by atoms with E-state index in [9.17, 15) is 0 Å². The standard InChI is InChI=1S/C49H33NO2/c1-3-17-34(18-4-1)37-21-7-12-26-43(37)50(44-27-13-8-22-38(44)35-19-5-2-6-20-35)36-31-32-42-48(33-36)52-47-30-16-11-25-41(47)49(42)39-23-9-14-28-45(39)51-46-29-15-10-24-40(46)49/h1-33H. The van der Waals surface area contributed by atoms with E-state index in [1.807, 2.05) is 12.1 Å². The van der Waals surface area contributed by atoms with E-state index in [4.69, 9.17) is 9.47 Å². The van der Waals surface area contributed by atoms with Crippen molar-refractivity contribution in [1.29, 1.82) is 0 Å². The number of ether oxygens (including phenoxy) is 2. The molecule has 246 valence electrons. The SMILES string of the molecule is c1ccc(-c2ccccc2N(c2ccc3c(c2)Oc2ccccc2C32c3ccccc3Oc3ccccc32)c2ccccc2-c2ccccc2)cc1. The van der Waals surface area contributed by atoms with Crippen LogP contribution >= 0.6 is 0 Å². The van der Waals surface area contributed by atoms with E-state index >= 15 is 0 Å². The molecule has 0 radical (unpaired) electrons. The first kappa shape index (κ1) is 30.0. The van der Waals surface area contributed by atoms with Gasteiger partial charge in [-0.1, -0.05) is 158 Å². The molecule has 8 aromatic carbocycles. The molecule has 0 fully saturated rings. The average Bonchev–Trinajstić information content (AvgIpc) is 3.22. The number of rotatable bonds is 5. The van der Waals surface area contributed by atoms with Crippen LogP contribution in [0.4, 0.5) is 17.1 Å². The maximum absolute atomic E-state index is 6.96. The molecular weight excluding hydrogens is 635 g/mol. The zero-order valence-corrected chi connectivity index (χ0v) is 28.3. The van der Waals surface area contributed by atoms with Gasteiger partial charge in [0.1, 0.15) is 23.0 Å². The lowest BCUT2D eigenvalue weighted by Crippen LogP contribution is -2.36. The summed E-state index contributed by atoms with van der Waals surface area (Å²) < 4.78 is 13.5. The Morgan fingerprint density at radius 2 is 0.712 bits per heavy atom. The number of nitrogens with zero attached hydrogens (tertiary/aromatic N) is 1. The van der Waals surface area contributed by atoms with Gasteiger partial charge in [-0.15, -0.1) is 0 Å². The van der Waals surface area contributed by atoms with Crippen LogP contribution in [-0.4, -0.2) is 0 Å². The van der Waals surface area contributed by atoms with Gasteiger partial charge in [-0.05, 0) is 47.5 Å². The fourth-order valence-corrected chi connectivity index (χ4v) is 8.22. The van der Waals surface area contributed by atoms with Crippen molar-refractivity contribution >= 4 is 17.1 Å². The molecule has 8 aromatic rings. The van der Waals surface area contributed by atoms with Crippen LogP contribution in [0.25, 0.3) is 22.3 Å². The van der Waals surface area contributed by atoms with E-state index in [0.717, 1.165) is 84.6 Å². The molecule has 0 unspecified atom stereocenters. The Balaban J connectivity index is 1.26. The van der Waals surface area contributed by atoms with Crippen LogP contribution in [0, 0.1) is 0 Å². The van der Waals surface area contributed by atoms with E-state index in [1.54, 1.807) is 0 Å². The highest BCUT2D eigenvalue weighted by atomic mass is 16.5. The summed E-state index contributed by atoms with van der Waals surface area (Å²) in [5.74, 6) is 3.34. The number of anilines is 3. The molecule has 1 spiro atoms. The van der Waals surface area contributed by atoms with Crippen LogP contribution in [0.2, 0.25) is 0 Å². The highest BCUT2D eigenvalue weighted by molar-refractivity contribution is 5.94. The van der Waals surface area contributed by atoms with Gasteiger partial charge in [-0.25, -0.2) is 0 Å². The molecule has 0 aromatic heterocycles. The summed E-state index contributed by atoms with van der Waals surface area (Å²) in [5.41, 5.74) is 11.4. The van der Waals surface area contributed by atoms with Gasteiger partial charge in [0.25, 0.3) is 0 Å².